The molecule has 0 aromatic carbocycles. The first-order valence-electron chi connectivity index (χ1n) is 6.76. The highest BCUT2D eigenvalue weighted by Gasteiger charge is 2.32. The molecule has 0 aromatic heterocycles. The number of ether oxygens (including phenoxy) is 1. The fourth-order valence-electron chi connectivity index (χ4n) is 2.48. The molecule has 1 unspecified atom stereocenters. The van der Waals surface area contributed by atoms with Gasteiger partial charge in [0.05, 0.1) is 6.61 Å². The van der Waals surface area contributed by atoms with Gasteiger partial charge in [0.25, 0.3) is 0 Å². The van der Waals surface area contributed by atoms with E-state index in [0.717, 1.165) is 26.2 Å². The van der Waals surface area contributed by atoms with Crippen LogP contribution in [-0.4, -0.2) is 61.3 Å². The SMILES string of the molecule is CCOC(=O)N1CCN(C(CN)C(C)(C)C)CC1. The smallest absolute Gasteiger partial charge is 0.409 e. The lowest BCUT2D eigenvalue weighted by molar-refractivity contribution is 0.0405. The van der Waals surface area contributed by atoms with Crippen molar-refractivity contribution in [2.75, 3.05) is 39.3 Å². The van der Waals surface area contributed by atoms with Gasteiger partial charge in [-0.2, -0.15) is 0 Å². The van der Waals surface area contributed by atoms with E-state index < -0.39 is 0 Å². The molecule has 1 amide bonds. The topological polar surface area (TPSA) is 58.8 Å². The van der Waals surface area contributed by atoms with E-state index in [1.54, 1.807) is 4.90 Å². The molecule has 18 heavy (non-hydrogen) atoms. The van der Waals surface area contributed by atoms with Gasteiger partial charge in [-0.15, -0.1) is 0 Å². The average Bonchev–Trinajstić information content (AvgIpc) is 2.29. The van der Waals surface area contributed by atoms with Crippen LogP contribution in [0.5, 0.6) is 0 Å². The second-order valence-corrected chi connectivity index (χ2v) is 5.84. The molecule has 2 N–H and O–H groups in total. The molecule has 1 saturated heterocycles. The van der Waals surface area contributed by atoms with Crippen molar-refractivity contribution in [1.29, 1.82) is 0 Å². The van der Waals surface area contributed by atoms with Gasteiger partial charge in [0, 0.05) is 38.8 Å². The van der Waals surface area contributed by atoms with Crippen LogP contribution in [0.3, 0.4) is 0 Å². The van der Waals surface area contributed by atoms with Crippen molar-refractivity contribution in [2.24, 2.45) is 11.1 Å². The summed E-state index contributed by atoms with van der Waals surface area (Å²) in [6.45, 7) is 12.8. The molecule has 106 valence electrons. The number of nitrogens with two attached hydrogens (primary N) is 1. The molecule has 0 radical (unpaired) electrons. The molecule has 5 nitrogen and oxygen atoms in total. The maximum absolute atomic E-state index is 11.6. The Kier molecular flexibility index (Phi) is 5.41. The molecule has 0 aromatic rings. The third-order valence-electron chi connectivity index (χ3n) is 3.50. The molecule has 5 heteroatoms. The van der Waals surface area contributed by atoms with Gasteiger partial charge >= 0.3 is 6.09 Å². The molecule has 0 aliphatic carbocycles. The molecule has 0 spiro atoms. The Morgan fingerprint density at radius 1 is 1.28 bits per heavy atom. The van der Waals surface area contributed by atoms with Crippen LogP contribution in [0, 0.1) is 5.41 Å². The van der Waals surface area contributed by atoms with Crippen molar-refractivity contribution in [2.45, 2.75) is 33.7 Å². The highest BCUT2D eigenvalue weighted by Crippen LogP contribution is 2.24. The van der Waals surface area contributed by atoms with Crippen molar-refractivity contribution in [3.8, 4) is 0 Å². The second-order valence-electron chi connectivity index (χ2n) is 5.84. The third-order valence-corrected chi connectivity index (χ3v) is 3.50. The zero-order valence-corrected chi connectivity index (χ0v) is 12.1. The third kappa shape index (κ3) is 3.85. The van der Waals surface area contributed by atoms with E-state index in [-0.39, 0.29) is 11.5 Å². The average molecular weight is 257 g/mol. The summed E-state index contributed by atoms with van der Waals surface area (Å²) in [5.41, 5.74) is 6.05. The summed E-state index contributed by atoms with van der Waals surface area (Å²) in [5, 5.41) is 0. The van der Waals surface area contributed by atoms with Crippen molar-refractivity contribution in [3.63, 3.8) is 0 Å². The number of nitrogens with zero attached hydrogens (tertiary/aromatic N) is 2. The minimum Gasteiger partial charge on any atom is -0.450 e. The van der Waals surface area contributed by atoms with Crippen LogP contribution in [-0.2, 0) is 4.74 Å². The first kappa shape index (κ1) is 15.2. The van der Waals surface area contributed by atoms with Crippen LogP contribution < -0.4 is 5.73 Å². The molecule has 1 atom stereocenters. The summed E-state index contributed by atoms with van der Waals surface area (Å²) in [7, 11) is 0. The highest BCUT2D eigenvalue weighted by molar-refractivity contribution is 5.67. The number of hydrogen-bond acceptors (Lipinski definition) is 4. The lowest BCUT2D eigenvalue weighted by Crippen LogP contribution is -2.57. The van der Waals surface area contributed by atoms with Crippen molar-refractivity contribution in [3.05, 3.63) is 0 Å². The molecule has 1 fully saturated rings. The Morgan fingerprint density at radius 3 is 2.22 bits per heavy atom. The molecular formula is C13H27N3O2. The first-order chi connectivity index (χ1) is 8.40. The Balaban J connectivity index is 2.50. The second kappa shape index (κ2) is 6.38. The van der Waals surface area contributed by atoms with Crippen LogP contribution in [0.1, 0.15) is 27.7 Å². The van der Waals surface area contributed by atoms with E-state index in [1.807, 2.05) is 6.92 Å². The number of piperazine rings is 1. The first-order valence-corrected chi connectivity index (χ1v) is 6.76. The predicted molar refractivity (Wildman–Crippen MR) is 72.5 cm³/mol. The standard InChI is InChI=1S/C13H27N3O2/c1-5-18-12(17)16-8-6-15(7-9-16)11(10-14)13(2,3)4/h11H,5-10,14H2,1-4H3. The Bertz CT molecular complexity index is 268. The Morgan fingerprint density at radius 2 is 1.83 bits per heavy atom. The van der Waals surface area contributed by atoms with Crippen molar-refractivity contribution >= 4 is 6.09 Å². The zero-order chi connectivity index (χ0) is 13.8. The quantitative estimate of drug-likeness (QED) is 0.823. The molecule has 1 heterocycles. The molecule has 1 aliphatic rings. The molecule has 0 saturated carbocycles. The molecule has 1 aliphatic heterocycles. The normalized spacial score (nSPS) is 19.7. The van der Waals surface area contributed by atoms with Crippen LogP contribution in [0.4, 0.5) is 4.79 Å². The van der Waals surface area contributed by atoms with Gasteiger partial charge in [0.15, 0.2) is 0 Å². The summed E-state index contributed by atoms with van der Waals surface area (Å²) < 4.78 is 5.01. The Hall–Kier alpha value is -0.810. The van der Waals surface area contributed by atoms with Crippen LogP contribution in [0.15, 0.2) is 0 Å². The lowest BCUT2D eigenvalue weighted by Gasteiger charge is -2.43. The van der Waals surface area contributed by atoms with Gasteiger partial charge in [-0.25, -0.2) is 4.79 Å². The molecule has 0 bridgehead atoms. The largest absolute Gasteiger partial charge is 0.450 e. The van der Waals surface area contributed by atoms with Crippen LogP contribution in [0.25, 0.3) is 0 Å². The van der Waals surface area contributed by atoms with Gasteiger partial charge in [-0.3, -0.25) is 4.90 Å². The summed E-state index contributed by atoms with van der Waals surface area (Å²) in [6, 6.07) is 0.363. The molecular weight excluding hydrogens is 230 g/mol. The van der Waals surface area contributed by atoms with E-state index in [0.29, 0.717) is 19.2 Å². The van der Waals surface area contributed by atoms with Gasteiger partial charge < -0.3 is 15.4 Å². The zero-order valence-electron chi connectivity index (χ0n) is 12.1. The van der Waals surface area contributed by atoms with Gasteiger partial charge in [-0.05, 0) is 12.3 Å². The summed E-state index contributed by atoms with van der Waals surface area (Å²) in [4.78, 5) is 15.8. The van der Waals surface area contributed by atoms with Gasteiger partial charge in [0.1, 0.15) is 0 Å². The Labute approximate surface area is 110 Å². The van der Waals surface area contributed by atoms with E-state index in [1.165, 1.54) is 0 Å². The van der Waals surface area contributed by atoms with Gasteiger partial charge in [0.2, 0.25) is 0 Å². The van der Waals surface area contributed by atoms with Crippen LogP contribution >= 0.6 is 0 Å². The maximum Gasteiger partial charge on any atom is 0.409 e. The summed E-state index contributed by atoms with van der Waals surface area (Å²) in [5.74, 6) is 0. The molecule has 1 rings (SSSR count). The highest BCUT2D eigenvalue weighted by atomic mass is 16.6. The van der Waals surface area contributed by atoms with E-state index in [9.17, 15) is 4.79 Å². The summed E-state index contributed by atoms with van der Waals surface area (Å²) >= 11 is 0. The number of hydrogen-bond donors (Lipinski definition) is 1. The van der Waals surface area contributed by atoms with Crippen LogP contribution in [0.2, 0.25) is 0 Å². The van der Waals surface area contributed by atoms with Crippen molar-refractivity contribution < 1.29 is 9.53 Å². The van der Waals surface area contributed by atoms with E-state index in [2.05, 4.69) is 25.7 Å². The predicted octanol–water partition coefficient (Wildman–Crippen LogP) is 1.13. The van der Waals surface area contributed by atoms with Crippen molar-refractivity contribution in [1.82, 2.24) is 9.80 Å². The summed E-state index contributed by atoms with van der Waals surface area (Å²) in [6.07, 6.45) is -0.197. The number of rotatable bonds is 3. The number of carbonyl (C=O) groups is 1. The minimum absolute atomic E-state index is 0.168. The van der Waals surface area contributed by atoms with E-state index in [4.69, 9.17) is 10.5 Å². The van der Waals surface area contributed by atoms with Gasteiger partial charge in [-0.1, -0.05) is 20.8 Å². The fraction of sp³-hybridized carbons (Fsp3) is 0.923. The lowest BCUT2D eigenvalue weighted by atomic mass is 9.85. The maximum atomic E-state index is 11.6. The van der Waals surface area contributed by atoms with E-state index >= 15 is 0 Å². The minimum atomic E-state index is -0.197. The number of carbonyl (C=O) groups excluding carboxylic acids is 1. The number of amides is 1. The fourth-order valence-corrected chi connectivity index (χ4v) is 2.48. The monoisotopic (exact) mass is 257 g/mol.